The Bertz CT molecular complexity index is 135. The maximum Gasteiger partial charge on any atom is 0 e. The van der Waals surface area contributed by atoms with Gasteiger partial charge >= 0.3 is 0 Å². The van der Waals surface area contributed by atoms with Crippen molar-refractivity contribution in [3.05, 3.63) is 35.9 Å². The molecule has 0 unspecified atom stereocenters. The minimum absolute atomic E-state index is 0. The predicted molar refractivity (Wildman–Crippen MR) is 48.3 cm³/mol. The summed E-state index contributed by atoms with van der Waals surface area (Å²) in [7, 11) is 0. The average Bonchev–Trinajstić information content (AvgIpc) is 1.94. The van der Waals surface area contributed by atoms with E-state index in [0.717, 1.165) is 0 Å². The van der Waals surface area contributed by atoms with Gasteiger partial charge in [-0.15, -0.1) is 0 Å². The normalized spacial score (nSPS) is 6.70. The van der Waals surface area contributed by atoms with Crippen LogP contribution in [0.4, 0.5) is 0 Å². The third-order valence-corrected chi connectivity index (χ3v) is 0.940. The van der Waals surface area contributed by atoms with E-state index in [1.165, 1.54) is 5.56 Å². The van der Waals surface area contributed by atoms with Crippen LogP contribution in [0.1, 0.15) is 19.4 Å². The molecule has 10 heavy (non-hydrogen) atoms. The Morgan fingerprint density at radius 3 is 1.50 bits per heavy atom. The van der Waals surface area contributed by atoms with E-state index in [4.69, 9.17) is 0 Å². The van der Waals surface area contributed by atoms with Crippen molar-refractivity contribution in [2.75, 3.05) is 0 Å². The summed E-state index contributed by atoms with van der Waals surface area (Å²) in [6.45, 7) is 6.08. The molecule has 0 saturated heterocycles. The zero-order valence-corrected chi connectivity index (χ0v) is 9.39. The van der Waals surface area contributed by atoms with Crippen LogP contribution in [0.5, 0.6) is 0 Å². The van der Waals surface area contributed by atoms with Crippen molar-refractivity contribution in [3.63, 3.8) is 0 Å². The topological polar surface area (TPSA) is 0 Å². The van der Waals surface area contributed by atoms with E-state index in [9.17, 15) is 0 Å². The molecule has 1 rings (SSSR count). The van der Waals surface area contributed by atoms with Gasteiger partial charge in [0.2, 0.25) is 0 Å². The molecule has 0 N–H and O–H groups in total. The van der Waals surface area contributed by atoms with Crippen LogP contribution in [0.25, 0.3) is 0 Å². The Hall–Kier alpha value is 0.220. The first kappa shape index (κ1) is 12.9. The van der Waals surface area contributed by atoms with Crippen LogP contribution in [0.2, 0.25) is 0 Å². The second kappa shape index (κ2) is 9.22. The third kappa shape index (κ3) is 6.34. The molecule has 0 amide bonds. The molecule has 0 aliphatic carbocycles. The van der Waals surface area contributed by atoms with Gasteiger partial charge in [-0.1, -0.05) is 49.7 Å². The summed E-state index contributed by atoms with van der Waals surface area (Å²) >= 11 is 0. The van der Waals surface area contributed by atoms with E-state index < -0.39 is 0 Å². The number of rotatable bonds is 0. The standard InChI is InChI=1S/C7H8.C2H6.Na/c1-7-5-3-2-4-6-7;1-2;/h2-6H,1H3;1-2H3;. The molecule has 0 saturated carbocycles. The molecule has 0 spiro atoms. The van der Waals surface area contributed by atoms with E-state index in [1.807, 2.05) is 32.0 Å². The molecule has 0 aromatic heterocycles. The number of hydrogen-bond donors (Lipinski definition) is 0. The summed E-state index contributed by atoms with van der Waals surface area (Å²) in [5.74, 6) is 0. The second-order valence-corrected chi connectivity index (χ2v) is 1.65. The SMILES string of the molecule is CC.Cc1ccccc1.[Na]. The monoisotopic (exact) mass is 145 g/mol. The van der Waals surface area contributed by atoms with E-state index in [2.05, 4.69) is 19.1 Å². The van der Waals surface area contributed by atoms with Crippen molar-refractivity contribution in [2.45, 2.75) is 20.8 Å². The summed E-state index contributed by atoms with van der Waals surface area (Å²) in [4.78, 5) is 0. The Balaban J connectivity index is 0. The molecule has 0 nitrogen and oxygen atoms in total. The van der Waals surface area contributed by atoms with Gasteiger partial charge < -0.3 is 0 Å². The first-order valence-electron chi connectivity index (χ1n) is 3.41. The van der Waals surface area contributed by atoms with Gasteiger partial charge in [0.1, 0.15) is 0 Å². The van der Waals surface area contributed by atoms with E-state index >= 15 is 0 Å². The largest absolute Gasteiger partial charge is 0.0683 e. The fourth-order valence-electron chi connectivity index (χ4n) is 0.534. The van der Waals surface area contributed by atoms with Gasteiger partial charge in [0, 0.05) is 29.6 Å². The first-order valence-corrected chi connectivity index (χ1v) is 3.41. The molecule has 1 radical (unpaired) electrons. The van der Waals surface area contributed by atoms with Crippen molar-refractivity contribution < 1.29 is 0 Å². The molecule has 1 heteroatoms. The Labute approximate surface area is 85.9 Å². The molecular weight excluding hydrogens is 131 g/mol. The molecule has 0 fully saturated rings. The first-order chi connectivity index (χ1) is 4.39. The maximum atomic E-state index is 2.08. The quantitative estimate of drug-likeness (QED) is 0.492. The van der Waals surface area contributed by atoms with Crippen LogP contribution in [-0.4, -0.2) is 29.6 Å². The Morgan fingerprint density at radius 1 is 0.900 bits per heavy atom. The van der Waals surface area contributed by atoms with E-state index in [1.54, 1.807) is 0 Å². The predicted octanol–water partition coefficient (Wildman–Crippen LogP) is 2.64. The molecule has 1 aromatic carbocycles. The van der Waals surface area contributed by atoms with Crippen molar-refractivity contribution in [1.82, 2.24) is 0 Å². The van der Waals surface area contributed by atoms with Gasteiger partial charge in [-0.25, -0.2) is 0 Å². The zero-order chi connectivity index (χ0) is 7.11. The Morgan fingerprint density at radius 2 is 1.30 bits per heavy atom. The van der Waals surface area contributed by atoms with Crippen LogP contribution in [0.3, 0.4) is 0 Å². The maximum absolute atomic E-state index is 2.08. The number of hydrogen-bond acceptors (Lipinski definition) is 0. The van der Waals surface area contributed by atoms with Crippen LogP contribution in [0.15, 0.2) is 30.3 Å². The van der Waals surface area contributed by atoms with Gasteiger partial charge in [0.15, 0.2) is 0 Å². The van der Waals surface area contributed by atoms with Gasteiger partial charge in [-0.2, -0.15) is 0 Å². The van der Waals surface area contributed by atoms with E-state index in [0.29, 0.717) is 0 Å². The molecule has 0 aliphatic rings. The fraction of sp³-hybridized carbons (Fsp3) is 0.333. The summed E-state index contributed by atoms with van der Waals surface area (Å²) in [6, 6.07) is 10.3. The van der Waals surface area contributed by atoms with Crippen molar-refractivity contribution >= 4 is 29.6 Å². The van der Waals surface area contributed by atoms with E-state index in [-0.39, 0.29) is 29.6 Å². The molecule has 0 heterocycles. The average molecular weight is 145 g/mol. The fourth-order valence-corrected chi connectivity index (χ4v) is 0.534. The number of aryl methyl sites for hydroxylation is 1. The molecule has 0 bridgehead atoms. The van der Waals surface area contributed by atoms with Crippen LogP contribution >= 0.6 is 0 Å². The van der Waals surface area contributed by atoms with Gasteiger partial charge in [0.25, 0.3) is 0 Å². The molecular formula is C9H14Na. The smallest absolute Gasteiger partial charge is 0 e. The molecule has 0 atom stereocenters. The minimum Gasteiger partial charge on any atom is -0.0683 e. The van der Waals surface area contributed by atoms with Crippen molar-refractivity contribution in [3.8, 4) is 0 Å². The van der Waals surface area contributed by atoms with Crippen LogP contribution in [-0.2, 0) is 0 Å². The molecule has 1 aromatic rings. The summed E-state index contributed by atoms with van der Waals surface area (Å²) in [5.41, 5.74) is 1.32. The molecule has 0 aliphatic heterocycles. The van der Waals surface area contributed by atoms with Crippen LogP contribution < -0.4 is 0 Å². The summed E-state index contributed by atoms with van der Waals surface area (Å²) < 4.78 is 0. The Kier molecular flexibility index (Phi) is 11.9. The van der Waals surface area contributed by atoms with Crippen LogP contribution in [0, 0.1) is 6.92 Å². The summed E-state index contributed by atoms with van der Waals surface area (Å²) in [6.07, 6.45) is 0. The summed E-state index contributed by atoms with van der Waals surface area (Å²) in [5, 5.41) is 0. The third-order valence-electron chi connectivity index (χ3n) is 0.940. The van der Waals surface area contributed by atoms with Crippen molar-refractivity contribution in [1.29, 1.82) is 0 Å². The van der Waals surface area contributed by atoms with Crippen molar-refractivity contribution in [2.24, 2.45) is 0 Å². The van der Waals surface area contributed by atoms with Gasteiger partial charge in [0.05, 0.1) is 0 Å². The zero-order valence-electron chi connectivity index (χ0n) is 7.39. The van der Waals surface area contributed by atoms with Gasteiger partial charge in [-0.3, -0.25) is 0 Å². The van der Waals surface area contributed by atoms with Gasteiger partial charge in [-0.05, 0) is 6.92 Å². The second-order valence-electron chi connectivity index (χ2n) is 1.65. The number of benzene rings is 1. The molecule has 51 valence electrons. The minimum atomic E-state index is 0.